The fourth-order valence-corrected chi connectivity index (χ4v) is 3.21. The van der Waals surface area contributed by atoms with Gasteiger partial charge in [-0.15, -0.1) is 10.2 Å². The van der Waals surface area contributed by atoms with E-state index in [1.54, 1.807) is 34.9 Å². The first kappa shape index (κ1) is 11.8. The van der Waals surface area contributed by atoms with Crippen LogP contribution in [-0.2, 0) is 0 Å². The average molecular weight is 248 g/mol. The monoisotopic (exact) mass is 248 g/mol. The van der Waals surface area contributed by atoms with Crippen molar-refractivity contribution in [2.45, 2.75) is 21.5 Å². The molecule has 0 spiro atoms. The molecule has 3 N–H and O–H groups in total. The molecule has 0 saturated carbocycles. The van der Waals surface area contributed by atoms with Crippen LogP contribution in [0.15, 0.2) is 8.68 Å². The second-order valence-electron chi connectivity index (χ2n) is 2.52. The molecule has 4 nitrogen and oxygen atoms in total. The van der Waals surface area contributed by atoms with Crippen LogP contribution in [0.1, 0.15) is 12.8 Å². The molecule has 7 heteroatoms. The number of nitrogens with two attached hydrogens (primary N) is 1. The van der Waals surface area contributed by atoms with Crippen LogP contribution in [0.5, 0.6) is 0 Å². The molecule has 1 aromatic heterocycles. The van der Waals surface area contributed by atoms with E-state index < -0.39 is 0 Å². The molecule has 0 aliphatic rings. The Labute approximate surface area is 95.6 Å². The number of hydrogen-bond acceptors (Lipinski definition) is 6. The number of thioether (sulfide) groups is 2. The third kappa shape index (κ3) is 4.30. The first-order chi connectivity index (χ1) is 6.72. The Kier molecular flexibility index (Phi) is 5.28. The molecule has 14 heavy (non-hydrogen) atoms. The zero-order valence-corrected chi connectivity index (χ0v) is 10.3. The molecule has 1 aromatic rings. The van der Waals surface area contributed by atoms with Crippen molar-refractivity contribution in [3.8, 4) is 0 Å². The lowest BCUT2D eigenvalue weighted by molar-refractivity contribution is 0.948. The van der Waals surface area contributed by atoms with Gasteiger partial charge in [-0.1, -0.05) is 34.9 Å². The minimum Gasteiger partial charge on any atom is -0.388 e. The molecule has 0 radical (unpaired) electrons. The van der Waals surface area contributed by atoms with Gasteiger partial charge < -0.3 is 5.73 Å². The first-order valence-electron chi connectivity index (χ1n) is 4.05. The van der Waals surface area contributed by atoms with E-state index >= 15 is 0 Å². The summed E-state index contributed by atoms with van der Waals surface area (Å²) in [4.78, 5) is 0. The van der Waals surface area contributed by atoms with Crippen molar-refractivity contribution in [1.29, 1.82) is 5.41 Å². The second kappa shape index (κ2) is 6.26. The lowest BCUT2D eigenvalue weighted by Gasteiger charge is -1.95. The summed E-state index contributed by atoms with van der Waals surface area (Å²) in [7, 11) is 0. The Morgan fingerprint density at radius 3 is 2.79 bits per heavy atom. The Morgan fingerprint density at radius 2 is 2.21 bits per heavy atom. The zero-order chi connectivity index (χ0) is 10.4. The maximum absolute atomic E-state index is 7.05. The molecular formula is C7H12N4S3. The molecule has 0 aliphatic heterocycles. The molecule has 0 bridgehead atoms. The molecule has 0 amide bonds. The summed E-state index contributed by atoms with van der Waals surface area (Å²) in [6.07, 6.45) is 3.58. The van der Waals surface area contributed by atoms with E-state index in [1.807, 2.05) is 6.26 Å². The minimum absolute atomic E-state index is 0.257. The van der Waals surface area contributed by atoms with Gasteiger partial charge in [0.25, 0.3) is 0 Å². The fourth-order valence-electron chi connectivity index (χ4n) is 0.760. The lowest BCUT2D eigenvalue weighted by Crippen LogP contribution is -2.08. The number of rotatable bonds is 6. The van der Waals surface area contributed by atoms with E-state index in [2.05, 4.69) is 10.2 Å². The van der Waals surface area contributed by atoms with Gasteiger partial charge in [0.05, 0.1) is 5.84 Å². The maximum atomic E-state index is 7.05. The van der Waals surface area contributed by atoms with Crippen LogP contribution in [0.3, 0.4) is 0 Å². The smallest absolute Gasteiger partial charge is 0.175 e. The largest absolute Gasteiger partial charge is 0.388 e. The van der Waals surface area contributed by atoms with Crippen LogP contribution in [0.25, 0.3) is 0 Å². The van der Waals surface area contributed by atoms with Crippen LogP contribution >= 0.6 is 34.9 Å². The normalized spacial score (nSPS) is 10.4. The highest BCUT2D eigenvalue weighted by molar-refractivity contribution is 8.02. The van der Waals surface area contributed by atoms with Crippen LogP contribution in [0, 0.1) is 5.41 Å². The Balaban J connectivity index is 2.21. The third-order valence-corrected chi connectivity index (χ3v) is 4.50. The van der Waals surface area contributed by atoms with Crippen LogP contribution in [-0.4, -0.2) is 28.0 Å². The Morgan fingerprint density at radius 1 is 1.50 bits per heavy atom. The summed E-state index contributed by atoms with van der Waals surface area (Å²) >= 11 is 4.90. The van der Waals surface area contributed by atoms with Crippen LogP contribution in [0.2, 0.25) is 0 Å². The summed E-state index contributed by atoms with van der Waals surface area (Å²) < 4.78 is 2.00. The van der Waals surface area contributed by atoms with Gasteiger partial charge in [-0.3, -0.25) is 5.41 Å². The van der Waals surface area contributed by atoms with E-state index in [4.69, 9.17) is 11.1 Å². The second-order valence-corrected chi connectivity index (χ2v) is 5.89. The van der Waals surface area contributed by atoms with Gasteiger partial charge in [-0.2, -0.15) is 0 Å². The molecule has 1 heterocycles. The van der Waals surface area contributed by atoms with Crippen molar-refractivity contribution in [1.82, 2.24) is 10.2 Å². The van der Waals surface area contributed by atoms with Gasteiger partial charge in [0.2, 0.25) is 0 Å². The predicted octanol–water partition coefficient (Wildman–Crippen LogP) is 2.07. The molecule has 0 saturated heterocycles. The van der Waals surface area contributed by atoms with Crippen molar-refractivity contribution >= 4 is 40.7 Å². The van der Waals surface area contributed by atoms with E-state index in [9.17, 15) is 0 Å². The van der Waals surface area contributed by atoms with Crippen molar-refractivity contribution in [3.05, 3.63) is 0 Å². The Bertz CT molecular complexity index is 299. The number of nitrogens with zero attached hydrogens (tertiary/aromatic N) is 2. The molecular weight excluding hydrogens is 236 g/mol. The number of aromatic nitrogens is 2. The molecule has 1 rings (SSSR count). The summed E-state index contributed by atoms with van der Waals surface area (Å²) in [5.74, 6) is 1.20. The van der Waals surface area contributed by atoms with Gasteiger partial charge in [0.1, 0.15) is 0 Å². The highest BCUT2D eigenvalue weighted by Crippen LogP contribution is 2.27. The van der Waals surface area contributed by atoms with Gasteiger partial charge in [-0.05, 0) is 12.7 Å². The van der Waals surface area contributed by atoms with Gasteiger partial charge >= 0.3 is 0 Å². The topological polar surface area (TPSA) is 75.7 Å². The summed E-state index contributed by atoms with van der Waals surface area (Å²) in [6.45, 7) is 0. The maximum Gasteiger partial charge on any atom is 0.175 e. The minimum atomic E-state index is 0.257. The highest BCUT2D eigenvalue weighted by atomic mass is 32.2. The van der Waals surface area contributed by atoms with E-state index in [1.165, 1.54) is 0 Å². The van der Waals surface area contributed by atoms with Crippen LogP contribution < -0.4 is 5.73 Å². The molecule has 0 fully saturated rings. The van der Waals surface area contributed by atoms with Crippen molar-refractivity contribution < 1.29 is 0 Å². The zero-order valence-electron chi connectivity index (χ0n) is 7.82. The molecule has 0 aliphatic carbocycles. The predicted molar refractivity (Wildman–Crippen MR) is 63.6 cm³/mol. The molecule has 0 unspecified atom stereocenters. The van der Waals surface area contributed by atoms with Gasteiger partial charge in [-0.25, -0.2) is 0 Å². The first-order valence-corrected chi connectivity index (χ1v) is 7.08. The fraction of sp³-hybridized carbons (Fsp3) is 0.571. The van der Waals surface area contributed by atoms with Crippen molar-refractivity contribution in [3.63, 3.8) is 0 Å². The standard InChI is InChI=1S/C7H12N4S3/c1-12-6-10-11-7(14-6)13-4-2-3-5(8)9/h2-4H2,1H3,(H3,8,9). The third-order valence-electron chi connectivity index (χ3n) is 1.38. The van der Waals surface area contributed by atoms with E-state index in [0.717, 1.165) is 20.9 Å². The van der Waals surface area contributed by atoms with Crippen molar-refractivity contribution in [2.75, 3.05) is 12.0 Å². The number of hydrogen-bond donors (Lipinski definition) is 2. The van der Waals surface area contributed by atoms with Crippen LogP contribution in [0.4, 0.5) is 0 Å². The summed E-state index contributed by atoms with van der Waals surface area (Å²) in [6, 6.07) is 0. The molecule has 0 atom stereocenters. The van der Waals surface area contributed by atoms with Gasteiger partial charge in [0.15, 0.2) is 8.68 Å². The summed E-state index contributed by atoms with van der Waals surface area (Å²) in [5, 5.41) is 15.1. The van der Waals surface area contributed by atoms with Gasteiger partial charge in [0, 0.05) is 12.2 Å². The molecule has 0 aromatic carbocycles. The van der Waals surface area contributed by atoms with Crippen molar-refractivity contribution in [2.24, 2.45) is 5.73 Å². The quantitative estimate of drug-likeness (QED) is 0.349. The summed E-state index contributed by atoms with van der Waals surface area (Å²) in [5.41, 5.74) is 5.24. The van der Waals surface area contributed by atoms with E-state index in [0.29, 0.717) is 6.42 Å². The van der Waals surface area contributed by atoms with E-state index in [-0.39, 0.29) is 5.84 Å². The molecule has 78 valence electrons. The highest BCUT2D eigenvalue weighted by Gasteiger charge is 2.02. The number of amidine groups is 1. The SMILES string of the molecule is CSc1nnc(SCCCC(=N)N)s1. The lowest BCUT2D eigenvalue weighted by atomic mass is 10.3. The Hall–Kier alpha value is -0.270. The number of nitrogens with one attached hydrogen (secondary N) is 1. The average Bonchev–Trinajstić information content (AvgIpc) is 2.60.